The lowest BCUT2D eigenvalue weighted by molar-refractivity contribution is -0.137. The summed E-state index contributed by atoms with van der Waals surface area (Å²) in [6.07, 6.45) is 0.654. The molecule has 0 radical (unpaired) electrons. The number of benzene rings is 2. The Labute approximate surface area is 171 Å². The fraction of sp³-hybridized carbons (Fsp3) is 0.250. The highest BCUT2D eigenvalue weighted by atomic mass is 35.5. The molecule has 28 heavy (non-hydrogen) atoms. The Kier molecular flexibility index (Phi) is 5.54. The number of carbonyl (C=O) groups is 1. The Morgan fingerprint density at radius 1 is 1.21 bits per heavy atom. The first-order chi connectivity index (χ1) is 13.7. The molecule has 8 heteroatoms. The first-order valence-electron chi connectivity index (χ1n) is 8.94. The Bertz CT molecular complexity index is 991. The first-order valence-corrected chi connectivity index (χ1v) is 10.2. The van der Waals surface area contributed by atoms with Crippen LogP contribution in [-0.2, 0) is 9.53 Å². The van der Waals surface area contributed by atoms with Crippen LogP contribution in [0.15, 0.2) is 53.7 Å². The van der Waals surface area contributed by atoms with E-state index in [0.29, 0.717) is 35.6 Å². The second kappa shape index (κ2) is 8.24. The zero-order valence-corrected chi connectivity index (χ0v) is 16.7. The minimum absolute atomic E-state index is 0.217. The third-order valence-electron chi connectivity index (χ3n) is 4.29. The van der Waals surface area contributed by atoms with Gasteiger partial charge in [-0.15, -0.1) is 10.2 Å². The maximum absolute atomic E-state index is 11.9. The van der Waals surface area contributed by atoms with Crippen molar-refractivity contribution in [2.45, 2.75) is 23.8 Å². The van der Waals surface area contributed by atoms with E-state index in [1.807, 2.05) is 60.0 Å². The van der Waals surface area contributed by atoms with E-state index in [9.17, 15) is 4.79 Å². The highest BCUT2D eigenvalue weighted by molar-refractivity contribution is 8.00. The molecule has 0 unspecified atom stereocenters. The molecule has 0 N–H and O–H groups in total. The molecule has 0 spiro atoms. The van der Waals surface area contributed by atoms with Gasteiger partial charge in [0.2, 0.25) is 0 Å². The molecule has 0 bridgehead atoms. The van der Waals surface area contributed by atoms with E-state index >= 15 is 0 Å². The van der Waals surface area contributed by atoms with Gasteiger partial charge in [-0.3, -0.25) is 9.36 Å². The summed E-state index contributed by atoms with van der Waals surface area (Å²) in [6.45, 7) is 2.98. The topological polar surface area (TPSA) is 66.2 Å². The third kappa shape index (κ3) is 3.72. The summed E-state index contributed by atoms with van der Waals surface area (Å²) in [7, 11) is 0. The van der Waals surface area contributed by atoms with Crippen LogP contribution in [0.2, 0.25) is 5.02 Å². The van der Waals surface area contributed by atoms with Gasteiger partial charge in [-0.2, -0.15) is 0 Å². The maximum atomic E-state index is 11.9. The summed E-state index contributed by atoms with van der Waals surface area (Å²) < 4.78 is 12.5. The summed E-state index contributed by atoms with van der Waals surface area (Å²) in [5, 5.41) is 9.63. The van der Waals surface area contributed by atoms with Gasteiger partial charge in [0.15, 0.2) is 11.0 Å². The van der Waals surface area contributed by atoms with E-state index in [-0.39, 0.29) is 11.2 Å². The fourth-order valence-corrected chi connectivity index (χ4v) is 4.20. The van der Waals surface area contributed by atoms with Crippen molar-refractivity contribution in [3.63, 3.8) is 0 Å². The predicted molar refractivity (Wildman–Crippen MR) is 108 cm³/mol. The molecule has 0 saturated carbocycles. The summed E-state index contributed by atoms with van der Waals surface area (Å²) in [6, 6.07) is 15.1. The third-order valence-corrected chi connectivity index (χ3v) is 5.81. The van der Waals surface area contributed by atoms with Crippen LogP contribution in [-0.4, -0.2) is 39.2 Å². The SMILES string of the molecule is CCOc1ccc(-n2c(S[C@@H]3CCOC3=O)nnc2-c2ccccc2Cl)cc1. The Morgan fingerprint density at radius 2 is 2.00 bits per heavy atom. The second-order valence-corrected chi connectivity index (χ2v) is 7.69. The van der Waals surface area contributed by atoms with Gasteiger partial charge in [0.25, 0.3) is 0 Å². The number of nitrogens with zero attached hydrogens (tertiary/aromatic N) is 3. The highest BCUT2D eigenvalue weighted by Crippen LogP contribution is 2.35. The minimum Gasteiger partial charge on any atom is -0.494 e. The van der Waals surface area contributed by atoms with Crippen molar-refractivity contribution in [3.05, 3.63) is 53.6 Å². The van der Waals surface area contributed by atoms with E-state index in [1.54, 1.807) is 0 Å². The van der Waals surface area contributed by atoms with Gasteiger partial charge in [-0.05, 0) is 43.3 Å². The van der Waals surface area contributed by atoms with Crippen molar-refractivity contribution in [2.24, 2.45) is 0 Å². The summed E-state index contributed by atoms with van der Waals surface area (Å²) in [5.74, 6) is 1.18. The summed E-state index contributed by atoms with van der Waals surface area (Å²) in [5.41, 5.74) is 1.63. The van der Waals surface area contributed by atoms with Crippen LogP contribution in [0.3, 0.4) is 0 Å². The number of carbonyl (C=O) groups excluding carboxylic acids is 1. The number of esters is 1. The number of hydrogen-bond acceptors (Lipinski definition) is 6. The van der Waals surface area contributed by atoms with Crippen LogP contribution in [0.25, 0.3) is 17.1 Å². The summed E-state index contributed by atoms with van der Waals surface area (Å²) in [4.78, 5) is 11.9. The molecule has 2 heterocycles. The molecule has 1 fully saturated rings. The van der Waals surface area contributed by atoms with E-state index in [2.05, 4.69) is 10.2 Å². The molecule has 6 nitrogen and oxygen atoms in total. The average Bonchev–Trinajstić information content (AvgIpc) is 3.30. The molecule has 1 atom stereocenters. The molecule has 1 aliphatic rings. The molecular weight excluding hydrogens is 398 g/mol. The molecular formula is C20H18ClN3O3S. The number of rotatable bonds is 6. The van der Waals surface area contributed by atoms with Crippen molar-refractivity contribution < 1.29 is 14.3 Å². The Morgan fingerprint density at radius 3 is 2.68 bits per heavy atom. The average molecular weight is 416 g/mol. The number of thioether (sulfide) groups is 1. The van der Waals surface area contributed by atoms with Crippen LogP contribution >= 0.6 is 23.4 Å². The van der Waals surface area contributed by atoms with Crippen molar-refractivity contribution in [2.75, 3.05) is 13.2 Å². The van der Waals surface area contributed by atoms with E-state index in [4.69, 9.17) is 21.1 Å². The molecule has 1 saturated heterocycles. The van der Waals surface area contributed by atoms with Crippen molar-refractivity contribution >= 4 is 29.3 Å². The lowest BCUT2D eigenvalue weighted by atomic mass is 10.2. The zero-order chi connectivity index (χ0) is 19.5. The van der Waals surface area contributed by atoms with Gasteiger partial charge in [-0.1, -0.05) is 35.5 Å². The molecule has 0 aliphatic carbocycles. The lowest BCUT2D eigenvalue weighted by Gasteiger charge is -2.13. The largest absolute Gasteiger partial charge is 0.494 e. The van der Waals surface area contributed by atoms with Crippen LogP contribution in [0.1, 0.15) is 13.3 Å². The van der Waals surface area contributed by atoms with Gasteiger partial charge in [-0.25, -0.2) is 0 Å². The first kappa shape index (κ1) is 18.8. The highest BCUT2D eigenvalue weighted by Gasteiger charge is 2.30. The van der Waals surface area contributed by atoms with Crippen LogP contribution in [0.4, 0.5) is 0 Å². The van der Waals surface area contributed by atoms with Crippen molar-refractivity contribution in [3.8, 4) is 22.8 Å². The van der Waals surface area contributed by atoms with E-state index < -0.39 is 0 Å². The van der Waals surface area contributed by atoms with Gasteiger partial charge in [0.1, 0.15) is 11.0 Å². The van der Waals surface area contributed by atoms with Crippen LogP contribution in [0.5, 0.6) is 5.75 Å². The molecule has 0 amide bonds. The quantitative estimate of drug-likeness (QED) is 0.556. The minimum atomic E-state index is -0.287. The standard InChI is InChI=1S/C20H18ClN3O3S/c1-2-26-14-9-7-13(8-10-14)24-18(15-5-3-4-6-16(15)21)22-23-20(24)28-17-11-12-27-19(17)25/h3-10,17H,2,11-12H2,1H3/t17-/m1/s1. The monoisotopic (exact) mass is 415 g/mol. The van der Waals surface area contributed by atoms with Crippen molar-refractivity contribution in [1.29, 1.82) is 0 Å². The van der Waals surface area contributed by atoms with Gasteiger partial charge >= 0.3 is 5.97 Å². The molecule has 3 aromatic rings. The normalized spacial score (nSPS) is 16.2. The number of aromatic nitrogens is 3. The van der Waals surface area contributed by atoms with Crippen LogP contribution in [0, 0.1) is 0 Å². The molecule has 144 valence electrons. The van der Waals surface area contributed by atoms with Gasteiger partial charge in [0, 0.05) is 17.7 Å². The fourth-order valence-electron chi connectivity index (χ4n) is 2.97. The molecule has 1 aliphatic heterocycles. The second-order valence-electron chi connectivity index (χ2n) is 6.11. The predicted octanol–water partition coefficient (Wildman–Crippen LogP) is 4.39. The molecule has 4 rings (SSSR count). The summed E-state index contributed by atoms with van der Waals surface area (Å²) >= 11 is 7.76. The van der Waals surface area contributed by atoms with Crippen LogP contribution < -0.4 is 4.74 Å². The number of ether oxygens (including phenoxy) is 2. The Balaban J connectivity index is 1.79. The van der Waals surface area contributed by atoms with Gasteiger partial charge < -0.3 is 9.47 Å². The van der Waals surface area contributed by atoms with Crippen molar-refractivity contribution in [1.82, 2.24) is 14.8 Å². The van der Waals surface area contributed by atoms with E-state index in [1.165, 1.54) is 11.8 Å². The number of halogens is 1. The number of hydrogen-bond donors (Lipinski definition) is 0. The maximum Gasteiger partial charge on any atom is 0.319 e. The Hall–Kier alpha value is -2.51. The van der Waals surface area contributed by atoms with Gasteiger partial charge in [0.05, 0.1) is 18.2 Å². The molecule has 1 aromatic heterocycles. The molecule has 2 aromatic carbocycles. The smallest absolute Gasteiger partial charge is 0.319 e. The lowest BCUT2D eigenvalue weighted by Crippen LogP contribution is -2.11. The zero-order valence-electron chi connectivity index (χ0n) is 15.2. The number of cyclic esters (lactones) is 1. The van der Waals surface area contributed by atoms with E-state index in [0.717, 1.165) is 17.0 Å².